The molecular formula is C14H21NO3. The number of aliphatic hydroxyl groups excluding tert-OH is 1. The van der Waals surface area contributed by atoms with Crippen LogP contribution in [0.15, 0.2) is 24.4 Å². The number of carbonyl (C=O) groups excluding carboxylic acids is 1. The van der Waals surface area contributed by atoms with Crippen LogP contribution in [-0.4, -0.2) is 22.9 Å². The van der Waals surface area contributed by atoms with E-state index in [-0.39, 0.29) is 11.9 Å². The topological polar surface area (TPSA) is 59.4 Å². The predicted octanol–water partition coefficient (Wildman–Crippen LogP) is 2.48. The molecule has 4 nitrogen and oxygen atoms in total. The average molecular weight is 251 g/mol. The van der Waals surface area contributed by atoms with Crippen molar-refractivity contribution in [3.8, 4) is 0 Å². The van der Waals surface area contributed by atoms with Gasteiger partial charge in [0.25, 0.3) is 0 Å². The molecule has 100 valence electrons. The molecule has 1 N–H and O–H groups in total. The van der Waals surface area contributed by atoms with Gasteiger partial charge in [0.2, 0.25) is 0 Å². The average Bonchev–Trinajstić information content (AvgIpc) is 2.39. The van der Waals surface area contributed by atoms with Crippen LogP contribution in [0.4, 0.5) is 0 Å². The van der Waals surface area contributed by atoms with Crippen molar-refractivity contribution in [1.82, 2.24) is 4.98 Å². The molecule has 0 aliphatic rings. The Balaban J connectivity index is 2.76. The highest BCUT2D eigenvalue weighted by Crippen LogP contribution is 2.34. The Labute approximate surface area is 108 Å². The minimum Gasteiger partial charge on any atom is -0.438 e. The van der Waals surface area contributed by atoms with Gasteiger partial charge in [0.05, 0.1) is 5.41 Å². The monoisotopic (exact) mass is 251 g/mol. The van der Waals surface area contributed by atoms with Crippen LogP contribution in [0.1, 0.15) is 45.2 Å². The Morgan fingerprint density at radius 1 is 1.56 bits per heavy atom. The zero-order valence-corrected chi connectivity index (χ0v) is 11.2. The van der Waals surface area contributed by atoms with E-state index in [0.29, 0.717) is 12.8 Å². The van der Waals surface area contributed by atoms with Crippen LogP contribution in [-0.2, 0) is 9.53 Å². The van der Waals surface area contributed by atoms with E-state index in [9.17, 15) is 4.79 Å². The van der Waals surface area contributed by atoms with Crippen LogP contribution >= 0.6 is 0 Å². The molecule has 4 heteroatoms. The number of hydrogen-bond acceptors (Lipinski definition) is 4. The van der Waals surface area contributed by atoms with Crippen LogP contribution < -0.4 is 0 Å². The summed E-state index contributed by atoms with van der Waals surface area (Å²) >= 11 is 0. The van der Waals surface area contributed by atoms with Gasteiger partial charge in [0.15, 0.2) is 6.79 Å². The summed E-state index contributed by atoms with van der Waals surface area (Å²) in [5, 5.41) is 8.69. The minimum absolute atomic E-state index is 0.169. The molecule has 18 heavy (non-hydrogen) atoms. The molecule has 2 unspecified atom stereocenters. The molecule has 2 atom stereocenters. The first-order chi connectivity index (χ1) is 8.53. The molecule has 1 aromatic heterocycles. The molecule has 0 aliphatic carbocycles. The number of esters is 1. The molecule has 0 radical (unpaired) electrons. The van der Waals surface area contributed by atoms with E-state index >= 15 is 0 Å². The maximum absolute atomic E-state index is 11.9. The molecule has 0 saturated heterocycles. The van der Waals surface area contributed by atoms with Gasteiger partial charge in [-0.3, -0.25) is 9.78 Å². The zero-order valence-electron chi connectivity index (χ0n) is 11.2. The normalized spacial score (nSPS) is 15.8. The smallest absolute Gasteiger partial charge is 0.313 e. The van der Waals surface area contributed by atoms with Crippen LogP contribution in [0.25, 0.3) is 0 Å². The number of ether oxygens (including phenoxy) is 1. The van der Waals surface area contributed by atoms with Gasteiger partial charge in [0.1, 0.15) is 0 Å². The highest BCUT2D eigenvalue weighted by atomic mass is 16.6. The Hall–Kier alpha value is -1.42. The van der Waals surface area contributed by atoms with Crippen molar-refractivity contribution in [2.24, 2.45) is 5.41 Å². The third-order valence-electron chi connectivity index (χ3n) is 3.42. The van der Waals surface area contributed by atoms with E-state index in [0.717, 1.165) is 5.69 Å². The quantitative estimate of drug-likeness (QED) is 0.623. The SMILES string of the molecule is CCC(C)(CC(C)c1ccccn1)C(=O)OCO. The van der Waals surface area contributed by atoms with Crippen molar-refractivity contribution in [3.63, 3.8) is 0 Å². The second-order valence-electron chi connectivity index (χ2n) is 4.83. The lowest BCUT2D eigenvalue weighted by Crippen LogP contribution is -2.31. The first-order valence-corrected chi connectivity index (χ1v) is 6.22. The summed E-state index contributed by atoms with van der Waals surface area (Å²) in [6, 6.07) is 5.77. The van der Waals surface area contributed by atoms with Crippen LogP contribution in [0.2, 0.25) is 0 Å². The van der Waals surface area contributed by atoms with Crippen molar-refractivity contribution in [3.05, 3.63) is 30.1 Å². The number of hydrogen-bond donors (Lipinski definition) is 1. The van der Waals surface area contributed by atoms with Crippen LogP contribution in [0, 0.1) is 5.41 Å². The van der Waals surface area contributed by atoms with Gasteiger partial charge >= 0.3 is 5.97 Å². The van der Waals surface area contributed by atoms with Crippen LogP contribution in [0.5, 0.6) is 0 Å². The molecule has 1 aromatic rings. The van der Waals surface area contributed by atoms with E-state index < -0.39 is 12.2 Å². The van der Waals surface area contributed by atoms with E-state index in [4.69, 9.17) is 9.84 Å². The van der Waals surface area contributed by atoms with E-state index in [1.807, 2.05) is 39.0 Å². The third-order valence-corrected chi connectivity index (χ3v) is 3.42. The number of aromatic nitrogens is 1. The Bertz CT molecular complexity index is 380. The lowest BCUT2D eigenvalue weighted by atomic mass is 9.78. The molecule has 0 bridgehead atoms. The Kier molecular flexibility index (Phi) is 5.28. The summed E-state index contributed by atoms with van der Waals surface area (Å²) in [6.07, 6.45) is 3.07. The van der Waals surface area contributed by atoms with E-state index in [2.05, 4.69) is 4.98 Å². The second-order valence-corrected chi connectivity index (χ2v) is 4.83. The maximum atomic E-state index is 11.9. The Morgan fingerprint density at radius 3 is 2.78 bits per heavy atom. The number of aliphatic hydroxyl groups is 1. The van der Waals surface area contributed by atoms with Gasteiger partial charge in [-0.1, -0.05) is 19.9 Å². The number of carbonyl (C=O) groups is 1. The maximum Gasteiger partial charge on any atom is 0.313 e. The lowest BCUT2D eigenvalue weighted by Gasteiger charge is -2.28. The second kappa shape index (κ2) is 6.50. The molecular weight excluding hydrogens is 230 g/mol. The minimum atomic E-state index is -0.584. The summed E-state index contributed by atoms with van der Waals surface area (Å²) in [4.78, 5) is 16.2. The van der Waals surface area contributed by atoms with Crippen molar-refractivity contribution < 1.29 is 14.6 Å². The predicted molar refractivity (Wildman–Crippen MR) is 68.8 cm³/mol. The molecule has 0 fully saturated rings. The van der Waals surface area contributed by atoms with E-state index in [1.54, 1.807) is 6.20 Å². The van der Waals surface area contributed by atoms with Crippen LogP contribution in [0.3, 0.4) is 0 Å². The van der Waals surface area contributed by atoms with Gasteiger partial charge in [-0.15, -0.1) is 0 Å². The number of pyridine rings is 1. The molecule has 0 spiro atoms. The first kappa shape index (κ1) is 14.6. The number of nitrogens with zero attached hydrogens (tertiary/aromatic N) is 1. The fraction of sp³-hybridized carbons (Fsp3) is 0.571. The van der Waals surface area contributed by atoms with Gasteiger partial charge in [-0.2, -0.15) is 0 Å². The first-order valence-electron chi connectivity index (χ1n) is 6.22. The van der Waals surface area contributed by atoms with Gasteiger partial charge in [0, 0.05) is 11.9 Å². The van der Waals surface area contributed by atoms with E-state index in [1.165, 1.54) is 0 Å². The summed E-state index contributed by atoms with van der Waals surface area (Å²) in [5.41, 5.74) is 0.383. The highest BCUT2D eigenvalue weighted by molar-refractivity contribution is 5.76. The molecule has 0 aromatic carbocycles. The summed E-state index contributed by atoms with van der Waals surface area (Å²) in [6.45, 7) is 5.29. The number of rotatable bonds is 6. The standard InChI is InChI=1S/C14H21NO3/c1-4-14(3,13(17)18-10-16)9-11(2)12-7-5-6-8-15-12/h5-8,11,16H,4,9-10H2,1-3H3. The van der Waals surface area contributed by atoms with Gasteiger partial charge < -0.3 is 9.84 Å². The fourth-order valence-corrected chi connectivity index (χ4v) is 2.05. The lowest BCUT2D eigenvalue weighted by molar-refractivity contribution is -0.164. The van der Waals surface area contributed by atoms with Crippen molar-refractivity contribution in [2.75, 3.05) is 6.79 Å². The van der Waals surface area contributed by atoms with Crippen molar-refractivity contribution in [2.45, 2.75) is 39.5 Å². The van der Waals surface area contributed by atoms with Gasteiger partial charge in [-0.25, -0.2) is 0 Å². The third kappa shape index (κ3) is 3.53. The van der Waals surface area contributed by atoms with Crippen molar-refractivity contribution in [1.29, 1.82) is 0 Å². The summed E-state index contributed by atoms with van der Waals surface area (Å²) in [7, 11) is 0. The molecule has 1 heterocycles. The molecule has 0 saturated carbocycles. The fourth-order valence-electron chi connectivity index (χ4n) is 2.05. The molecule has 0 aliphatic heterocycles. The highest BCUT2D eigenvalue weighted by Gasteiger charge is 2.35. The summed E-state index contributed by atoms with van der Waals surface area (Å²) < 4.78 is 4.73. The Morgan fingerprint density at radius 2 is 2.28 bits per heavy atom. The van der Waals surface area contributed by atoms with Crippen molar-refractivity contribution >= 4 is 5.97 Å². The van der Waals surface area contributed by atoms with Gasteiger partial charge in [-0.05, 0) is 37.8 Å². The summed E-state index contributed by atoms with van der Waals surface area (Å²) in [5.74, 6) is -0.183. The molecule has 0 amide bonds. The molecule has 1 rings (SSSR count). The zero-order chi connectivity index (χ0) is 13.6. The largest absolute Gasteiger partial charge is 0.438 e.